The number of hydrogen-bond donors (Lipinski definition) is 1. The number of rotatable bonds is 5. The van der Waals surface area contributed by atoms with Gasteiger partial charge >= 0.3 is 0 Å². The van der Waals surface area contributed by atoms with Crippen LogP contribution in [-0.4, -0.2) is 14.2 Å². The van der Waals surface area contributed by atoms with Crippen LogP contribution >= 0.6 is 12.4 Å². The molecule has 4 heteroatoms. The van der Waals surface area contributed by atoms with Crippen LogP contribution < -0.4 is 15.2 Å². The average molecular weight is 274 g/mol. The zero-order chi connectivity index (χ0) is 13.0. The second-order valence-corrected chi connectivity index (χ2v) is 4.82. The highest BCUT2D eigenvalue weighted by Crippen LogP contribution is 2.36. The minimum absolute atomic E-state index is 0. The zero-order valence-electron chi connectivity index (χ0n) is 11.8. The van der Waals surface area contributed by atoms with Gasteiger partial charge in [0.2, 0.25) is 0 Å². The van der Waals surface area contributed by atoms with Gasteiger partial charge < -0.3 is 15.2 Å². The Kier molecular flexibility index (Phi) is 7.11. The Hall–Kier alpha value is -0.930. The van der Waals surface area contributed by atoms with Gasteiger partial charge in [0.05, 0.1) is 19.8 Å². The molecule has 0 aromatic heterocycles. The molecule has 2 N–H and O–H groups in total. The van der Waals surface area contributed by atoms with Crippen molar-refractivity contribution in [3.63, 3.8) is 0 Å². The molecule has 0 aliphatic carbocycles. The third-order valence-electron chi connectivity index (χ3n) is 2.78. The van der Waals surface area contributed by atoms with E-state index < -0.39 is 0 Å². The van der Waals surface area contributed by atoms with E-state index in [4.69, 9.17) is 15.2 Å². The van der Waals surface area contributed by atoms with Crippen molar-refractivity contribution in [1.29, 1.82) is 0 Å². The summed E-state index contributed by atoms with van der Waals surface area (Å²) < 4.78 is 10.8. The van der Waals surface area contributed by atoms with Gasteiger partial charge in [-0.2, -0.15) is 0 Å². The average Bonchev–Trinajstić information content (AvgIpc) is 2.26. The summed E-state index contributed by atoms with van der Waals surface area (Å²) in [5.41, 5.74) is 8.32. The lowest BCUT2D eigenvalue weighted by molar-refractivity contribution is 0.371. The second-order valence-electron chi connectivity index (χ2n) is 4.82. The van der Waals surface area contributed by atoms with Gasteiger partial charge in [-0.25, -0.2) is 0 Å². The van der Waals surface area contributed by atoms with Crippen molar-refractivity contribution < 1.29 is 9.47 Å². The van der Waals surface area contributed by atoms with E-state index in [1.165, 1.54) is 0 Å². The van der Waals surface area contributed by atoms with Crippen LogP contribution in [0.5, 0.6) is 11.5 Å². The fourth-order valence-corrected chi connectivity index (χ4v) is 2.06. The van der Waals surface area contributed by atoms with Gasteiger partial charge in [0.15, 0.2) is 0 Å². The SMILES string of the molecule is COc1cc(C)cc(OC)c1[C@@H](N)CC(C)C.Cl. The maximum absolute atomic E-state index is 6.24. The van der Waals surface area contributed by atoms with Crippen molar-refractivity contribution in [2.45, 2.75) is 33.2 Å². The van der Waals surface area contributed by atoms with Crippen molar-refractivity contribution in [2.24, 2.45) is 11.7 Å². The first-order chi connectivity index (χ1) is 7.99. The van der Waals surface area contributed by atoms with Gasteiger partial charge in [0.1, 0.15) is 11.5 Å². The van der Waals surface area contributed by atoms with E-state index in [0.29, 0.717) is 5.92 Å². The molecule has 3 nitrogen and oxygen atoms in total. The maximum Gasteiger partial charge on any atom is 0.127 e. The van der Waals surface area contributed by atoms with Gasteiger partial charge in [0.25, 0.3) is 0 Å². The quantitative estimate of drug-likeness (QED) is 0.893. The van der Waals surface area contributed by atoms with Gasteiger partial charge in [-0.15, -0.1) is 12.4 Å². The number of hydrogen-bond acceptors (Lipinski definition) is 3. The van der Waals surface area contributed by atoms with Crippen molar-refractivity contribution in [3.8, 4) is 11.5 Å². The molecule has 0 aliphatic rings. The largest absolute Gasteiger partial charge is 0.496 e. The molecule has 1 atom stereocenters. The first kappa shape index (κ1) is 17.1. The van der Waals surface area contributed by atoms with Crippen molar-refractivity contribution in [2.75, 3.05) is 14.2 Å². The zero-order valence-corrected chi connectivity index (χ0v) is 12.6. The standard InChI is InChI=1S/C14H23NO2.ClH/c1-9(2)6-11(15)14-12(16-4)7-10(3)8-13(14)17-5;/h7-9,11H,6,15H2,1-5H3;1H/t11-;/m0./s1. The summed E-state index contributed by atoms with van der Waals surface area (Å²) in [5, 5.41) is 0. The van der Waals surface area contributed by atoms with Gasteiger partial charge in [-0.3, -0.25) is 0 Å². The second kappa shape index (κ2) is 7.49. The predicted octanol–water partition coefficient (Wildman–Crippen LogP) is 3.48. The smallest absolute Gasteiger partial charge is 0.127 e. The number of ether oxygens (including phenoxy) is 2. The van der Waals surface area contributed by atoms with Crippen LogP contribution in [0.3, 0.4) is 0 Å². The number of aryl methyl sites for hydroxylation is 1. The lowest BCUT2D eigenvalue weighted by Gasteiger charge is -2.21. The molecule has 0 aliphatic heterocycles. The Labute approximate surface area is 116 Å². The Bertz CT molecular complexity index is 355. The van der Waals surface area contributed by atoms with Crippen molar-refractivity contribution in [1.82, 2.24) is 0 Å². The van der Waals surface area contributed by atoms with E-state index in [1.807, 2.05) is 19.1 Å². The van der Waals surface area contributed by atoms with Crippen molar-refractivity contribution >= 4 is 12.4 Å². The fraction of sp³-hybridized carbons (Fsp3) is 0.571. The van der Waals surface area contributed by atoms with E-state index in [2.05, 4.69) is 13.8 Å². The lowest BCUT2D eigenvalue weighted by atomic mass is 9.95. The summed E-state index contributed by atoms with van der Waals surface area (Å²) in [6.07, 6.45) is 0.912. The lowest BCUT2D eigenvalue weighted by Crippen LogP contribution is -2.15. The summed E-state index contributed by atoms with van der Waals surface area (Å²) in [7, 11) is 3.33. The van der Waals surface area contributed by atoms with Crippen LogP contribution in [0.25, 0.3) is 0 Å². The predicted molar refractivity (Wildman–Crippen MR) is 77.9 cm³/mol. The molecule has 0 fully saturated rings. The number of methoxy groups -OCH3 is 2. The minimum atomic E-state index is -0.0551. The van der Waals surface area contributed by atoms with Crippen LogP contribution in [-0.2, 0) is 0 Å². The summed E-state index contributed by atoms with van der Waals surface area (Å²) in [4.78, 5) is 0. The highest BCUT2D eigenvalue weighted by Gasteiger charge is 2.19. The molecule has 1 rings (SSSR count). The van der Waals surface area contributed by atoms with E-state index in [1.54, 1.807) is 14.2 Å². The summed E-state index contributed by atoms with van der Waals surface area (Å²) >= 11 is 0. The summed E-state index contributed by atoms with van der Waals surface area (Å²) in [6.45, 7) is 6.34. The molecule has 0 unspecified atom stereocenters. The number of nitrogens with two attached hydrogens (primary N) is 1. The van der Waals surface area contributed by atoms with Crippen LogP contribution in [0.15, 0.2) is 12.1 Å². The van der Waals surface area contributed by atoms with E-state index in [0.717, 1.165) is 29.0 Å². The molecule has 1 aromatic rings. The van der Waals surface area contributed by atoms with Gasteiger partial charge in [-0.05, 0) is 37.0 Å². The molecular formula is C14H24ClNO2. The molecule has 0 heterocycles. The molecule has 104 valence electrons. The molecule has 0 bridgehead atoms. The van der Waals surface area contributed by atoms with Crippen LogP contribution in [0.4, 0.5) is 0 Å². The molecule has 0 saturated carbocycles. The molecule has 18 heavy (non-hydrogen) atoms. The Morgan fingerprint density at radius 3 is 1.89 bits per heavy atom. The number of benzene rings is 1. The Morgan fingerprint density at radius 1 is 1.11 bits per heavy atom. The molecule has 0 spiro atoms. The third kappa shape index (κ3) is 4.07. The highest BCUT2D eigenvalue weighted by molar-refractivity contribution is 5.85. The van der Waals surface area contributed by atoms with Gasteiger partial charge in [0, 0.05) is 6.04 Å². The molecule has 0 amide bonds. The Balaban J connectivity index is 0.00000289. The Morgan fingerprint density at radius 2 is 1.56 bits per heavy atom. The summed E-state index contributed by atoms with van der Waals surface area (Å²) in [5.74, 6) is 2.17. The summed E-state index contributed by atoms with van der Waals surface area (Å²) in [6, 6.07) is 3.94. The first-order valence-corrected chi connectivity index (χ1v) is 5.97. The van der Waals surface area contributed by atoms with Crippen LogP contribution in [0, 0.1) is 12.8 Å². The molecular weight excluding hydrogens is 250 g/mol. The molecule has 0 radical (unpaired) electrons. The maximum atomic E-state index is 6.24. The first-order valence-electron chi connectivity index (χ1n) is 5.97. The van der Waals surface area contributed by atoms with Crippen LogP contribution in [0.1, 0.15) is 37.4 Å². The fourth-order valence-electron chi connectivity index (χ4n) is 2.06. The minimum Gasteiger partial charge on any atom is -0.496 e. The van der Waals surface area contributed by atoms with E-state index in [9.17, 15) is 0 Å². The van der Waals surface area contributed by atoms with Crippen LogP contribution in [0.2, 0.25) is 0 Å². The monoisotopic (exact) mass is 273 g/mol. The topological polar surface area (TPSA) is 44.5 Å². The normalized spacial score (nSPS) is 11.9. The van der Waals surface area contributed by atoms with Gasteiger partial charge in [-0.1, -0.05) is 13.8 Å². The number of halogens is 1. The van der Waals surface area contributed by atoms with Crippen molar-refractivity contribution in [3.05, 3.63) is 23.3 Å². The third-order valence-corrected chi connectivity index (χ3v) is 2.78. The molecule has 1 aromatic carbocycles. The van der Waals surface area contributed by atoms with E-state index >= 15 is 0 Å². The molecule has 0 saturated heterocycles. The highest BCUT2D eigenvalue weighted by atomic mass is 35.5. The van der Waals surface area contributed by atoms with E-state index in [-0.39, 0.29) is 18.4 Å².